The van der Waals surface area contributed by atoms with E-state index >= 15 is 0 Å². The van der Waals surface area contributed by atoms with E-state index in [1.54, 1.807) is 26.8 Å². The molecule has 6 heteroatoms. The molecular formula is C11H14Cl2N2O2. The van der Waals surface area contributed by atoms with Gasteiger partial charge in [-0.05, 0) is 26.8 Å². The van der Waals surface area contributed by atoms with E-state index in [9.17, 15) is 4.79 Å². The van der Waals surface area contributed by atoms with Crippen molar-refractivity contribution in [1.82, 2.24) is 4.98 Å². The second kappa shape index (κ2) is 5.56. The highest BCUT2D eigenvalue weighted by atomic mass is 35.5. The first-order chi connectivity index (χ1) is 7.81. The molecule has 0 unspecified atom stereocenters. The van der Waals surface area contributed by atoms with Crippen molar-refractivity contribution in [2.24, 2.45) is 0 Å². The summed E-state index contributed by atoms with van der Waals surface area (Å²) in [6, 6.07) is 1.60. The molecule has 0 radical (unpaired) electrons. The molecule has 0 aliphatic heterocycles. The van der Waals surface area contributed by atoms with E-state index < -0.39 is 11.7 Å². The Morgan fingerprint density at radius 2 is 2.18 bits per heavy atom. The highest BCUT2D eigenvalue weighted by molar-refractivity contribution is 6.33. The van der Waals surface area contributed by atoms with Crippen LogP contribution < -0.4 is 5.32 Å². The van der Waals surface area contributed by atoms with Gasteiger partial charge in [0.25, 0.3) is 0 Å². The monoisotopic (exact) mass is 276 g/mol. The van der Waals surface area contributed by atoms with Crippen molar-refractivity contribution in [3.05, 3.63) is 23.0 Å². The third kappa shape index (κ3) is 4.79. The van der Waals surface area contributed by atoms with Crippen molar-refractivity contribution in [3.63, 3.8) is 0 Å². The minimum absolute atomic E-state index is 0.270. The standard InChI is InChI=1S/C11H14Cl2N2O2/c1-11(2,3)17-10(16)15-9-6-14-7(5-12)4-8(9)13/h4,6H,5H2,1-3H3,(H,15,16). The zero-order chi connectivity index (χ0) is 13.1. The Hall–Kier alpha value is -1.000. The number of alkyl halides is 1. The molecule has 94 valence electrons. The lowest BCUT2D eigenvalue weighted by atomic mass is 10.2. The molecule has 1 heterocycles. The third-order valence-electron chi connectivity index (χ3n) is 1.68. The number of ether oxygens (including phenoxy) is 1. The van der Waals surface area contributed by atoms with E-state index in [0.717, 1.165) is 0 Å². The number of nitrogens with zero attached hydrogens (tertiary/aromatic N) is 1. The van der Waals surface area contributed by atoms with Gasteiger partial charge in [0.1, 0.15) is 5.60 Å². The molecule has 1 aromatic rings. The number of aromatic nitrogens is 1. The van der Waals surface area contributed by atoms with Crippen LogP contribution in [-0.2, 0) is 10.6 Å². The van der Waals surface area contributed by atoms with E-state index in [1.165, 1.54) is 6.20 Å². The quantitative estimate of drug-likeness (QED) is 0.836. The lowest BCUT2D eigenvalue weighted by Gasteiger charge is -2.19. The molecule has 4 nitrogen and oxygen atoms in total. The Labute approximate surface area is 110 Å². The SMILES string of the molecule is CC(C)(C)OC(=O)Nc1cnc(CCl)cc1Cl. The van der Waals surface area contributed by atoms with Crippen molar-refractivity contribution in [2.45, 2.75) is 32.3 Å². The number of pyridine rings is 1. The summed E-state index contributed by atoms with van der Waals surface area (Å²) in [5.74, 6) is 0.270. The van der Waals surface area contributed by atoms with Crippen molar-refractivity contribution >= 4 is 35.0 Å². The summed E-state index contributed by atoms with van der Waals surface area (Å²) in [6.07, 6.45) is 0.879. The Morgan fingerprint density at radius 1 is 1.53 bits per heavy atom. The van der Waals surface area contributed by atoms with Crippen LogP contribution in [0.3, 0.4) is 0 Å². The van der Waals surface area contributed by atoms with E-state index in [4.69, 9.17) is 27.9 Å². The van der Waals surface area contributed by atoms with Crippen molar-refractivity contribution < 1.29 is 9.53 Å². The summed E-state index contributed by atoms with van der Waals surface area (Å²) >= 11 is 11.6. The number of amides is 1. The zero-order valence-corrected chi connectivity index (χ0v) is 11.4. The van der Waals surface area contributed by atoms with Crippen LogP contribution in [0.2, 0.25) is 5.02 Å². The Balaban J connectivity index is 2.72. The first-order valence-electron chi connectivity index (χ1n) is 5.02. The Morgan fingerprint density at radius 3 is 2.65 bits per heavy atom. The number of hydrogen-bond acceptors (Lipinski definition) is 3. The molecule has 1 rings (SSSR count). The van der Waals surface area contributed by atoms with Crippen LogP contribution in [0.15, 0.2) is 12.3 Å². The fourth-order valence-corrected chi connectivity index (χ4v) is 1.42. The fraction of sp³-hybridized carbons (Fsp3) is 0.455. The van der Waals surface area contributed by atoms with Gasteiger partial charge in [-0.1, -0.05) is 11.6 Å². The van der Waals surface area contributed by atoms with Crippen LogP contribution in [0.1, 0.15) is 26.5 Å². The molecule has 17 heavy (non-hydrogen) atoms. The van der Waals surface area contributed by atoms with Crippen LogP contribution in [0.25, 0.3) is 0 Å². The van der Waals surface area contributed by atoms with Gasteiger partial charge in [-0.25, -0.2) is 4.79 Å². The molecule has 0 aliphatic carbocycles. The topological polar surface area (TPSA) is 51.2 Å². The first-order valence-corrected chi connectivity index (χ1v) is 5.93. The maximum Gasteiger partial charge on any atom is 0.412 e. The minimum Gasteiger partial charge on any atom is -0.444 e. The summed E-state index contributed by atoms with van der Waals surface area (Å²) in [5, 5.41) is 2.90. The van der Waals surface area contributed by atoms with E-state index in [1.807, 2.05) is 0 Å². The average molecular weight is 277 g/mol. The highest BCUT2D eigenvalue weighted by Gasteiger charge is 2.17. The average Bonchev–Trinajstić information content (AvgIpc) is 2.18. The molecule has 1 amide bonds. The molecular weight excluding hydrogens is 263 g/mol. The van der Waals surface area contributed by atoms with Crippen LogP contribution in [0.5, 0.6) is 0 Å². The van der Waals surface area contributed by atoms with Gasteiger partial charge in [0.2, 0.25) is 0 Å². The van der Waals surface area contributed by atoms with Crippen molar-refractivity contribution in [2.75, 3.05) is 5.32 Å². The molecule has 0 spiro atoms. The zero-order valence-electron chi connectivity index (χ0n) is 9.88. The highest BCUT2D eigenvalue weighted by Crippen LogP contribution is 2.22. The normalized spacial score (nSPS) is 11.1. The van der Waals surface area contributed by atoms with Gasteiger partial charge < -0.3 is 4.74 Å². The van der Waals surface area contributed by atoms with Crippen molar-refractivity contribution in [3.8, 4) is 0 Å². The lowest BCUT2D eigenvalue weighted by Crippen LogP contribution is -2.27. The number of anilines is 1. The van der Waals surface area contributed by atoms with Gasteiger partial charge in [-0.15, -0.1) is 11.6 Å². The molecule has 0 bridgehead atoms. The fourth-order valence-electron chi connectivity index (χ4n) is 1.05. The molecule has 0 saturated heterocycles. The molecule has 0 aromatic carbocycles. The van der Waals surface area contributed by atoms with E-state index in [0.29, 0.717) is 16.4 Å². The summed E-state index contributed by atoms with van der Waals surface area (Å²) < 4.78 is 5.09. The van der Waals surface area contributed by atoms with Crippen molar-refractivity contribution in [1.29, 1.82) is 0 Å². The second-order valence-electron chi connectivity index (χ2n) is 4.42. The van der Waals surface area contributed by atoms with Gasteiger partial charge in [0, 0.05) is 0 Å². The predicted molar refractivity (Wildman–Crippen MR) is 68.7 cm³/mol. The number of nitrogens with one attached hydrogen (secondary N) is 1. The van der Waals surface area contributed by atoms with Crippen LogP contribution in [0.4, 0.5) is 10.5 Å². The number of carbonyl (C=O) groups is 1. The molecule has 0 fully saturated rings. The predicted octanol–water partition coefficient (Wildman–Crippen LogP) is 3.82. The van der Waals surface area contributed by atoms with Gasteiger partial charge in [0.15, 0.2) is 0 Å². The van der Waals surface area contributed by atoms with Gasteiger partial charge in [0.05, 0.1) is 28.5 Å². The number of halogens is 2. The third-order valence-corrected chi connectivity index (χ3v) is 2.27. The summed E-state index contributed by atoms with van der Waals surface area (Å²) in [6.45, 7) is 5.34. The van der Waals surface area contributed by atoms with E-state index in [2.05, 4.69) is 10.3 Å². The maximum absolute atomic E-state index is 11.5. The first kappa shape index (κ1) is 14.1. The summed E-state index contributed by atoms with van der Waals surface area (Å²) in [4.78, 5) is 15.5. The molecule has 1 N–H and O–H groups in total. The Kier molecular flexibility index (Phi) is 4.60. The molecule has 0 atom stereocenters. The number of carbonyl (C=O) groups excluding carboxylic acids is 1. The molecule has 0 aliphatic rings. The minimum atomic E-state index is -0.570. The summed E-state index contributed by atoms with van der Waals surface area (Å²) in [5.41, 5.74) is 0.487. The van der Waals surface area contributed by atoms with Gasteiger partial charge in [-0.2, -0.15) is 0 Å². The number of rotatable bonds is 2. The molecule has 0 saturated carbocycles. The summed E-state index contributed by atoms with van der Waals surface area (Å²) in [7, 11) is 0. The van der Waals surface area contributed by atoms with Crippen LogP contribution in [-0.4, -0.2) is 16.7 Å². The van der Waals surface area contributed by atoms with Crippen LogP contribution >= 0.6 is 23.2 Å². The number of hydrogen-bond donors (Lipinski definition) is 1. The van der Waals surface area contributed by atoms with E-state index in [-0.39, 0.29) is 5.88 Å². The molecule has 1 aromatic heterocycles. The largest absolute Gasteiger partial charge is 0.444 e. The van der Waals surface area contributed by atoms with Gasteiger partial charge in [-0.3, -0.25) is 10.3 Å². The lowest BCUT2D eigenvalue weighted by molar-refractivity contribution is 0.0636. The second-order valence-corrected chi connectivity index (χ2v) is 5.09. The smallest absolute Gasteiger partial charge is 0.412 e. The van der Waals surface area contributed by atoms with Gasteiger partial charge >= 0.3 is 6.09 Å². The Bertz CT molecular complexity index is 416. The van der Waals surface area contributed by atoms with Crippen LogP contribution in [0, 0.1) is 0 Å². The maximum atomic E-state index is 11.5.